The molecule has 3 rings (SSSR count). The van der Waals surface area contributed by atoms with Crippen molar-refractivity contribution in [2.75, 3.05) is 0 Å². The highest BCUT2D eigenvalue weighted by Gasteiger charge is 2.52. The number of nitrogens with one attached hydrogen (secondary N) is 1. The highest BCUT2D eigenvalue weighted by Crippen LogP contribution is 2.36. The lowest BCUT2D eigenvalue weighted by Gasteiger charge is -2.32. The van der Waals surface area contributed by atoms with Crippen LogP contribution in [0.25, 0.3) is 11.0 Å². The lowest BCUT2D eigenvalue weighted by molar-refractivity contribution is 0.00578. The molecule has 1 fully saturated rings. The molecule has 1 N–H and O–H groups in total. The summed E-state index contributed by atoms with van der Waals surface area (Å²) in [6.45, 7) is 8.11. The van der Waals surface area contributed by atoms with E-state index < -0.39 is 7.12 Å². The van der Waals surface area contributed by atoms with E-state index in [1.54, 1.807) is 12.3 Å². The molecule has 0 radical (unpaired) electrons. The lowest BCUT2D eigenvalue weighted by atomic mass is 9.85. The van der Waals surface area contributed by atoms with Crippen LogP contribution in [-0.2, 0) is 9.31 Å². The van der Waals surface area contributed by atoms with E-state index in [-0.39, 0.29) is 11.2 Å². The average molecular weight is 279 g/mol. The third-order valence-electron chi connectivity index (χ3n) is 4.01. The summed E-state index contributed by atoms with van der Waals surface area (Å²) in [5, 5.41) is 1.55. The molecule has 0 amide bonds. The summed E-state index contributed by atoms with van der Waals surface area (Å²) < 4.78 is 12.0. The molecule has 3 heterocycles. The maximum Gasteiger partial charge on any atom is 0.512 e. The molecular weight excluding hydrogens is 262 g/mol. The summed E-state index contributed by atoms with van der Waals surface area (Å²) in [4.78, 5) is 7.46. The number of fused-ring (bicyclic) bond motifs is 1. The number of hydrogen-bond acceptors (Lipinski definition) is 3. The maximum absolute atomic E-state index is 6.15. The third-order valence-corrected chi connectivity index (χ3v) is 4.34. The normalized spacial score (nSPS) is 21.2. The number of H-pyrrole nitrogens is 1. The van der Waals surface area contributed by atoms with Crippen LogP contribution in [-0.4, -0.2) is 28.3 Å². The van der Waals surface area contributed by atoms with Gasteiger partial charge in [-0.05, 0) is 39.8 Å². The first kappa shape index (κ1) is 13.0. The van der Waals surface area contributed by atoms with E-state index in [0.29, 0.717) is 5.02 Å². The Bertz CT molecular complexity index is 623. The van der Waals surface area contributed by atoms with Gasteiger partial charge in [-0.2, -0.15) is 0 Å². The van der Waals surface area contributed by atoms with Crippen LogP contribution in [0.15, 0.2) is 18.3 Å². The highest BCUT2D eigenvalue weighted by atomic mass is 35.5. The molecule has 0 aromatic carbocycles. The first-order valence-electron chi connectivity index (χ1n) is 6.29. The SMILES string of the molecule is CC1(C)OB(c2cc3c(Cl)ccnc3[nH]2)OC1(C)C. The fourth-order valence-electron chi connectivity index (χ4n) is 2.11. The number of rotatable bonds is 1. The van der Waals surface area contributed by atoms with Gasteiger partial charge in [0.2, 0.25) is 0 Å². The summed E-state index contributed by atoms with van der Waals surface area (Å²) in [5.74, 6) is 0. The monoisotopic (exact) mass is 278 g/mol. The van der Waals surface area contributed by atoms with Crippen LogP contribution < -0.4 is 5.59 Å². The third kappa shape index (κ3) is 1.97. The van der Waals surface area contributed by atoms with Gasteiger partial charge in [-0.3, -0.25) is 0 Å². The molecule has 1 aliphatic rings. The van der Waals surface area contributed by atoms with E-state index >= 15 is 0 Å². The molecule has 0 unspecified atom stereocenters. The first-order valence-corrected chi connectivity index (χ1v) is 6.67. The Labute approximate surface area is 117 Å². The minimum atomic E-state index is -0.421. The van der Waals surface area contributed by atoms with Gasteiger partial charge in [0.05, 0.1) is 16.2 Å². The van der Waals surface area contributed by atoms with Crippen LogP contribution in [0.3, 0.4) is 0 Å². The number of aromatic nitrogens is 2. The van der Waals surface area contributed by atoms with Crippen LogP contribution in [0.5, 0.6) is 0 Å². The molecule has 0 atom stereocenters. The van der Waals surface area contributed by atoms with Gasteiger partial charge in [0.25, 0.3) is 0 Å². The Morgan fingerprint density at radius 2 is 1.84 bits per heavy atom. The maximum atomic E-state index is 6.15. The van der Waals surface area contributed by atoms with Gasteiger partial charge in [0, 0.05) is 17.2 Å². The molecule has 0 saturated carbocycles. The first-order chi connectivity index (χ1) is 8.80. The van der Waals surface area contributed by atoms with Crippen molar-refractivity contribution in [3.05, 3.63) is 23.4 Å². The fourth-order valence-corrected chi connectivity index (χ4v) is 2.31. The summed E-state index contributed by atoms with van der Waals surface area (Å²) in [5.41, 5.74) is 0.879. The second kappa shape index (κ2) is 3.98. The van der Waals surface area contributed by atoms with E-state index in [1.807, 2.05) is 33.8 Å². The molecule has 4 nitrogen and oxygen atoms in total. The van der Waals surface area contributed by atoms with Crippen molar-refractivity contribution in [1.82, 2.24) is 9.97 Å². The Morgan fingerprint density at radius 3 is 2.42 bits per heavy atom. The molecule has 1 saturated heterocycles. The van der Waals surface area contributed by atoms with Crippen molar-refractivity contribution in [2.24, 2.45) is 0 Å². The fraction of sp³-hybridized carbons (Fsp3) is 0.462. The molecule has 19 heavy (non-hydrogen) atoms. The van der Waals surface area contributed by atoms with Crippen LogP contribution in [0.4, 0.5) is 0 Å². The van der Waals surface area contributed by atoms with E-state index in [2.05, 4.69) is 9.97 Å². The zero-order valence-corrected chi connectivity index (χ0v) is 12.2. The van der Waals surface area contributed by atoms with Crippen LogP contribution in [0, 0.1) is 0 Å². The molecule has 1 aliphatic heterocycles. The number of nitrogens with zero attached hydrogens (tertiary/aromatic N) is 1. The number of halogens is 1. The zero-order valence-electron chi connectivity index (χ0n) is 11.5. The highest BCUT2D eigenvalue weighted by molar-refractivity contribution is 6.61. The Morgan fingerprint density at radius 1 is 1.21 bits per heavy atom. The number of hydrogen-bond donors (Lipinski definition) is 1. The summed E-state index contributed by atoms with van der Waals surface area (Å²) >= 11 is 6.15. The van der Waals surface area contributed by atoms with Gasteiger partial charge in [0.15, 0.2) is 0 Å². The predicted molar refractivity (Wildman–Crippen MR) is 76.8 cm³/mol. The molecule has 0 bridgehead atoms. The standard InChI is InChI=1S/C13H16BClN2O2/c1-12(2)13(3,4)19-14(18-12)10-7-8-9(15)5-6-16-11(8)17-10/h5-7H,1-4H3,(H,16,17). The van der Waals surface area contributed by atoms with Gasteiger partial charge >= 0.3 is 7.12 Å². The van der Waals surface area contributed by atoms with E-state index in [0.717, 1.165) is 16.6 Å². The second-order valence-corrected chi connectivity index (χ2v) is 6.28. The van der Waals surface area contributed by atoms with Crippen LogP contribution in [0.1, 0.15) is 27.7 Å². The largest absolute Gasteiger partial charge is 0.512 e. The average Bonchev–Trinajstić information content (AvgIpc) is 2.80. The van der Waals surface area contributed by atoms with Crippen molar-refractivity contribution >= 4 is 35.3 Å². The van der Waals surface area contributed by atoms with E-state index in [4.69, 9.17) is 20.9 Å². The number of pyridine rings is 1. The van der Waals surface area contributed by atoms with Crippen molar-refractivity contribution in [2.45, 2.75) is 38.9 Å². The van der Waals surface area contributed by atoms with E-state index in [1.165, 1.54) is 0 Å². The van der Waals surface area contributed by atoms with Crippen molar-refractivity contribution < 1.29 is 9.31 Å². The van der Waals surface area contributed by atoms with Crippen molar-refractivity contribution in [1.29, 1.82) is 0 Å². The molecule has 0 aliphatic carbocycles. The van der Waals surface area contributed by atoms with Gasteiger partial charge in [-0.1, -0.05) is 11.6 Å². The van der Waals surface area contributed by atoms with Gasteiger partial charge < -0.3 is 14.3 Å². The molecule has 2 aromatic heterocycles. The summed E-state index contributed by atoms with van der Waals surface area (Å²) in [7, 11) is -0.421. The molecule has 100 valence electrons. The minimum Gasteiger partial charge on any atom is -0.398 e. The van der Waals surface area contributed by atoms with Crippen molar-refractivity contribution in [3.63, 3.8) is 0 Å². The second-order valence-electron chi connectivity index (χ2n) is 5.87. The molecule has 6 heteroatoms. The lowest BCUT2D eigenvalue weighted by Crippen LogP contribution is -2.41. The Hall–Kier alpha value is -1.04. The molecule has 2 aromatic rings. The Kier molecular flexibility index (Phi) is 2.72. The van der Waals surface area contributed by atoms with Crippen LogP contribution >= 0.6 is 11.6 Å². The van der Waals surface area contributed by atoms with Gasteiger partial charge in [-0.15, -0.1) is 0 Å². The smallest absolute Gasteiger partial charge is 0.398 e. The quantitative estimate of drug-likeness (QED) is 0.815. The zero-order chi connectivity index (χ0) is 13.8. The van der Waals surface area contributed by atoms with Crippen molar-refractivity contribution in [3.8, 4) is 0 Å². The summed E-state index contributed by atoms with van der Waals surface area (Å²) in [6, 6.07) is 3.71. The van der Waals surface area contributed by atoms with Crippen LogP contribution in [0.2, 0.25) is 5.02 Å². The number of aromatic amines is 1. The Balaban J connectivity index is 2.01. The van der Waals surface area contributed by atoms with Gasteiger partial charge in [0.1, 0.15) is 5.65 Å². The topological polar surface area (TPSA) is 47.1 Å². The minimum absolute atomic E-state index is 0.355. The van der Waals surface area contributed by atoms with E-state index in [9.17, 15) is 0 Å². The summed E-state index contributed by atoms with van der Waals surface area (Å²) in [6.07, 6.45) is 1.68. The predicted octanol–water partition coefficient (Wildman–Crippen LogP) is 2.52. The molecule has 0 spiro atoms. The van der Waals surface area contributed by atoms with Gasteiger partial charge in [-0.25, -0.2) is 4.98 Å². The molecular formula is C13H16BClN2O2.